The zero-order chi connectivity index (χ0) is 20.5. The first kappa shape index (κ1) is 19.3. The largest absolute Gasteiger partial charge is 0.355 e. The van der Waals surface area contributed by atoms with Crippen LogP contribution in [0.4, 0.5) is 5.69 Å². The molecule has 2 heterocycles. The van der Waals surface area contributed by atoms with Gasteiger partial charge in [-0.3, -0.25) is 19.0 Å². The van der Waals surface area contributed by atoms with Gasteiger partial charge in [-0.1, -0.05) is 6.92 Å². The summed E-state index contributed by atoms with van der Waals surface area (Å²) in [5.74, 6) is 0.110. The van der Waals surface area contributed by atoms with Crippen LogP contribution in [0.5, 0.6) is 0 Å². The lowest BCUT2D eigenvalue weighted by Gasteiger charge is -2.17. The summed E-state index contributed by atoms with van der Waals surface area (Å²) in [6.45, 7) is 2.12. The van der Waals surface area contributed by atoms with Gasteiger partial charge >= 0.3 is 0 Å². The van der Waals surface area contributed by atoms with Crippen molar-refractivity contribution < 1.29 is 9.59 Å². The van der Waals surface area contributed by atoms with Gasteiger partial charge in [0.25, 0.3) is 11.5 Å². The van der Waals surface area contributed by atoms with Crippen molar-refractivity contribution in [3.63, 3.8) is 0 Å². The number of rotatable bonds is 4. The van der Waals surface area contributed by atoms with Gasteiger partial charge in [0, 0.05) is 23.2 Å². The third-order valence-electron chi connectivity index (χ3n) is 5.25. The molecule has 1 aliphatic rings. The molecule has 0 aliphatic heterocycles. The SMILES string of the molecule is CNC(=O)c1ccc(NC(=O)Cn2cnc3sc4c(c3c2=O)CC[C@H](C)C4)cc1. The summed E-state index contributed by atoms with van der Waals surface area (Å²) in [4.78, 5) is 43.5. The van der Waals surface area contributed by atoms with E-state index in [-0.39, 0.29) is 23.9 Å². The molecule has 0 unspecified atom stereocenters. The summed E-state index contributed by atoms with van der Waals surface area (Å²) in [5, 5.41) is 5.97. The zero-order valence-corrected chi connectivity index (χ0v) is 17.1. The number of hydrogen-bond donors (Lipinski definition) is 2. The Balaban J connectivity index is 1.53. The van der Waals surface area contributed by atoms with E-state index in [0.717, 1.165) is 29.7 Å². The van der Waals surface area contributed by atoms with Crippen molar-refractivity contribution >= 4 is 39.1 Å². The molecule has 0 saturated heterocycles. The summed E-state index contributed by atoms with van der Waals surface area (Å²) in [5.41, 5.74) is 2.02. The molecule has 0 saturated carbocycles. The first-order valence-electron chi connectivity index (χ1n) is 9.58. The third-order valence-corrected chi connectivity index (χ3v) is 6.42. The Bertz CT molecular complexity index is 1150. The van der Waals surface area contributed by atoms with Crippen molar-refractivity contribution in [2.75, 3.05) is 12.4 Å². The van der Waals surface area contributed by atoms with Crippen LogP contribution < -0.4 is 16.2 Å². The molecule has 2 N–H and O–H groups in total. The third kappa shape index (κ3) is 3.80. The second kappa shape index (κ2) is 7.79. The minimum absolute atomic E-state index is 0.111. The maximum atomic E-state index is 13.0. The van der Waals surface area contributed by atoms with Gasteiger partial charge in [-0.2, -0.15) is 0 Å². The number of aromatic nitrogens is 2. The molecule has 0 bridgehead atoms. The number of carbonyl (C=O) groups is 2. The smallest absolute Gasteiger partial charge is 0.262 e. The fourth-order valence-corrected chi connectivity index (χ4v) is 5.02. The van der Waals surface area contributed by atoms with E-state index in [1.165, 1.54) is 15.8 Å². The zero-order valence-electron chi connectivity index (χ0n) is 16.3. The normalized spacial score (nSPS) is 15.7. The standard InChI is InChI=1S/C21H22N4O3S/c1-12-3-8-15-16(9-12)29-20-18(15)21(28)25(11-23-20)10-17(26)24-14-6-4-13(5-7-14)19(27)22-2/h4-7,11-12H,3,8-10H2,1-2H3,(H,22,27)(H,24,26)/t12-/m0/s1. The lowest BCUT2D eigenvalue weighted by Crippen LogP contribution is -2.28. The molecule has 3 aromatic rings. The minimum atomic E-state index is -0.321. The number of nitrogens with zero attached hydrogens (tertiary/aromatic N) is 2. The number of benzene rings is 1. The fraction of sp³-hybridized carbons (Fsp3) is 0.333. The van der Waals surface area contributed by atoms with E-state index in [1.54, 1.807) is 42.6 Å². The molecule has 1 aromatic carbocycles. The lowest BCUT2D eigenvalue weighted by atomic mass is 9.89. The van der Waals surface area contributed by atoms with Crippen LogP contribution in [0.2, 0.25) is 0 Å². The highest BCUT2D eigenvalue weighted by Gasteiger charge is 2.23. The maximum Gasteiger partial charge on any atom is 0.262 e. The molecule has 0 radical (unpaired) electrons. The second-order valence-corrected chi connectivity index (χ2v) is 8.50. The summed E-state index contributed by atoms with van der Waals surface area (Å²) in [6.07, 6.45) is 4.40. The molecule has 0 fully saturated rings. The van der Waals surface area contributed by atoms with Gasteiger partial charge in [0.15, 0.2) is 0 Å². The molecule has 1 aliphatic carbocycles. The van der Waals surface area contributed by atoms with E-state index in [4.69, 9.17) is 0 Å². The van der Waals surface area contributed by atoms with E-state index in [1.807, 2.05) is 0 Å². The van der Waals surface area contributed by atoms with Gasteiger partial charge in [-0.25, -0.2) is 4.98 Å². The van der Waals surface area contributed by atoms with Gasteiger partial charge in [0.1, 0.15) is 11.4 Å². The number of anilines is 1. The molecule has 150 valence electrons. The quantitative estimate of drug-likeness (QED) is 0.691. The Morgan fingerprint density at radius 3 is 2.76 bits per heavy atom. The van der Waals surface area contributed by atoms with E-state index >= 15 is 0 Å². The molecule has 0 spiro atoms. The number of aryl methyl sites for hydroxylation is 1. The minimum Gasteiger partial charge on any atom is -0.355 e. The number of amides is 2. The molecule has 2 amide bonds. The Labute approximate surface area is 171 Å². The van der Waals surface area contributed by atoms with Crippen LogP contribution in [-0.2, 0) is 24.2 Å². The highest BCUT2D eigenvalue weighted by Crippen LogP contribution is 2.35. The fourth-order valence-electron chi connectivity index (χ4n) is 3.68. The summed E-state index contributed by atoms with van der Waals surface area (Å²) in [7, 11) is 1.56. The summed E-state index contributed by atoms with van der Waals surface area (Å²) >= 11 is 1.60. The lowest BCUT2D eigenvalue weighted by molar-refractivity contribution is -0.116. The van der Waals surface area contributed by atoms with Crippen molar-refractivity contribution in [1.82, 2.24) is 14.9 Å². The Hall–Kier alpha value is -3.00. The van der Waals surface area contributed by atoms with Gasteiger partial charge in [-0.15, -0.1) is 11.3 Å². The van der Waals surface area contributed by atoms with Crippen molar-refractivity contribution in [1.29, 1.82) is 0 Å². The molecule has 4 rings (SSSR count). The van der Waals surface area contributed by atoms with Crippen LogP contribution in [-0.4, -0.2) is 28.4 Å². The van der Waals surface area contributed by atoms with Gasteiger partial charge in [0.2, 0.25) is 5.91 Å². The Morgan fingerprint density at radius 2 is 2.03 bits per heavy atom. The van der Waals surface area contributed by atoms with Crippen LogP contribution in [0.1, 0.15) is 34.1 Å². The molecular weight excluding hydrogens is 388 g/mol. The first-order chi connectivity index (χ1) is 14.0. The predicted molar refractivity (Wildman–Crippen MR) is 114 cm³/mol. The maximum absolute atomic E-state index is 13.0. The molecule has 7 nitrogen and oxygen atoms in total. The van der Waals surface area contributed by atoms with Crippen LogP contribution in [0, 0.1) is 5.92 Å². The number of nitrogens with one attached hydrogen (secondary N) is 2. The first-order valence-corrected chi connectivity index (χ1v) is 10.4. The Morgan fingerprint density at radius 1 is 1.28 bits per heavy atom. The van der Waals surface area contributed by atoms with Crippen molar-refractivity contribution in [3.05, 3.63) is 57.0 Å². The van der Waals surface area contributed by atoms with E-state index in [9.17, 15) is 14.4 Å². The molecular formula is C21H22N4O3S. The average molecular weight is 410 g/mol. The molecule has 2 aromatic heterocycles. The number of hydrogen-bond acceptors (Lipinski definition) is 5. The summed E-state index contributed by atoms with van der Waals surface area (Å²) < 4.78 is 1.36. The molecule has 1 atom stereocenters. The second-order valence-electron chi connectivity index (χ2n) is 7.41. The topological polar surface area (TPSA) is 93.1 Å². The highest BCUT2D eigenvalue weighted by molar-refractivity contribution is 7.18. The predicted octanol–water partition coefficient (Wildman–Crippen LogP) is 2.58. The van der Waals surface area contributed by atoms with Crippen LogP contribution >= 0.6 is 11.3 Å². The Kier molecular flexibility index (Phi) is 5.19. The van der Waals surface area contributed by atoms with Crippen molar-refractivity contribution in [3.8, 4) is 0 Å². The van der Waals surface area contributed by atoms with Crippen LogP contribution in [0.25, 0.3) is 10.2 Å². The number of fused-ring (bicyclic) bond motifs is 3. The van der Waals surface area contributed by atoms with Crippen molar-refractivity contribution in [2.24, 2.45) is 5.92 Å². The summed E-state index contributed by atoms with van der Waals surface area (Å²) in [6, 6.07) is 6.58. The molecule has 8 heteroatoms. The van der Waals surface area contributed by atoms with Crippen LogP contribution in [0.3, 0.4) is 0 Å². The molecule has 29 heavy (non-hydrogen) atoms. The van der Waals surface area contributed by atoms with Crippen LogP contribution in [0.15, 0.2) is 35.4 Å². The monoisotopic (exact) mass is 410 g/mol. The van der Waals surface area contributed by atoms with Gasteiger partial charge in [-0.05, 0) is 55.0 Å². The average Bonchev–Trinajstić information content (AvgIpc) is 3.08. The van der Waals surface area contributed by atoms with E-state index < -0.39 is 0 Å². The van der Waals surface area contributed by atoms with E-state index in [2.05, 4.69) is 22.5 Å². The van der Waals surface area contributed by atoms with Gasteiger partial charge < -0.3 is 10.6 Å². The number of thiophene rings is 1. The van der Waals surface area contributed by atoms with E-state index in [0.29, 0.717) is 22.6 Å². The highest BCUT2D eigenvalue weighted by atomic mass is 32.1. The number of carbonyl (C=O) groups excluding carboxylic acids is 2. The van der Waals surface area contributed by atoms with Gasteiger partial charge in [0.05, 0.1) is 11.7 Å². The van der Waals surface area contributed by atoms with Crippen molar-refractivity contribution in [2.45, 2.75) is 32.7 Å².